The Kier molecular flexibility index (Phi) is 5.61. The quantitative estimate of drug-likeness (QED) is 0.432. The van der Waals surface area contributed by atoms with E-state index in [-0.39, 0.29) is 33.3 Å². The van der Waals surface area contributed by atoms with Crippen molar-refractivity contribution < 1.29 is 23.3 Å². The second-order valence-corrected chi connectivity index (χ2v) is 8.27. The Morgan fingerprint density at radius 1 is 1.28 bits per heavy atom. The first-order valence-corrected chi connectivity index (χ1v) is 10.5. The van der Waals surface area contributed by atoms with Crippen LogP contribution in [0.15, 0.2) is 34.9 Å². The third-order valence-electron chi connectivity index (χ3n) is 4.84. The molecule has 1 atom stereocenters. The molecule has 1 aromatic carbocycles. The molecule has 3 aromatic rings. The van der Waals surface area contributed by atoms with E-state index >= 15 is 0 Å². The van der Waals surface area contributed by atoms with E-state index in [1.807, 2.05) is 0 Å². The van der Waals surface area contributed by atoms with Gasteiger partial charge in [-0.2, -0.15) is 0 Å². The van der Waals surface area contributed by atoms with Gasteiger partial charge in [0.15, 0.2) is 10.8 Å². The standard InChI is InChI=1S/C20H19FN6O4S/c1-9(18(23)29)27(12-6-2-10(21)3-7-12)20-25-17(22)16(32-20)15(28)14-8-13(26-31-14)19(30)24-11-4-5-11/h2-3,6-9,11H,4-5,22H2,1H3,(H2,23,29)(H,24,30). The third-order valence-corrected chi connectivity index (χ3v) is 5.91. The highest BCUT2D eigenvalue weighted by Gasteiger charge is 2.30. The van der Waals surface area contributed by atoms with Crippen molar-refractivity contribution in [1.29, 1.82) is 0 Å². The molecular weight excluding hydrogens is 439 g/mol. The molecule has 10 nitrogen and oxygen atoms in total. The molecule has 1 saturated carbocycles. The van der Waals surface area contributed by atoms with E-state index in [1.165, 1.54) is 35.2 Å². The number of hydrogen-bond donors (Lipinski definition) is 3. The smallest absolute Gasteiger partial charge is 0.273 e. The second kappa shape index (κ2) is 8.38. The maximum Gasteiger partial charge on any atom is 0.273 e. The number of halogens is 1. The molecule has 0 saturated heterocycles. The predicted molar refractivity (Wildman–Crippen MR) is 114 cm³/mol. The van der Waals surface area contributed by atoms with Gasteiger partial charge in [0, 0.05) is 17.8 Å². The first-order valence-electron chi connectivity index (χ1n) is 9.67. The number of nitrogen functional groups attached to an aromatic ring is 1. The summed E-state index contributed by atoms with van der Waals surface area (Å²) < 4.78 is 18.4. The van der Waals surface area contributed by atoms with E-state index in [4.69, 9.17) is 16.0 Å². The lowest BCUT2D eigenvalue weighted by Crippen LogP contribution is -2.39. The van der Waals surface area contributed by atoms with Crippen molar-refractivity contribution in [3.8, 4) is 0 Å². The monoisotopic (exact) mass is 458 g/mol. The van der Waals surface area contributed by atoms with Gasteiger partial charge in [-0.05, 0) is 44.0 Å². The minimum atomic E-state index is -0.864. The first-order chi connectivity index (χ1) is 15.2. The molecule has 1 aliphatic rings. The molecule has 1 fully saturated rings. The zero-order valence-corrected chi connectivity index (χ0v) is 17.7. The SMILES string of the molecule is CC(C(N)=O)N(c1ccc(F)cc1)c1nc(N)c(C(=O)c2cc(C(=O)NC3CC3)no2)s1. The number of nitrogens with one attached hydrogen (secondary N) is 1. The van der Waals surface area contributed by atoms with Crippen LogP contribution in [0.3, 0.4) is 0 Å². The van der Waals surface area contributed by atoms with E-state index in [0.717, 1.165) is 24.2 Å². The molecule has 4 rings (SSSR count). The summed E-state index contributed by atoms with van der Waals surface area (Å²) in [4.78, 5) is 42.6. The molecule has 0 spiro atoms. The summed E-state index contributed by atoms with van der Waals surface area (Å²) in [5.41, 5.74) is 11.9. The maximum absolute atomic E-state index is 13.4. The number of thiazole rings is 1. The van der Waals surface area contributed by atoms with Crippen LogP contribution in [0.5, 0.6) is 0 Å². The van der Waals surface area contributed by atoms with Gasteiger partial charge < -0.3 is 26.2 Å². The molecule has 32 heavy (non-hydrogen) atoms. The fraction of sp³-hybridized carbons (Fsp3) is 0.250. The summed E-state index contributed by atoms with van der Waals surface area (Å²) >= 11 is 0.904. The summed E-state index contributed by atoms with van der Waals surface area (Å²) in [6, 6.07) is 5.86. The average molecular weight is 458 g/mol. The summed E-state index contributed by atoms with van der Waals surface area (Å²) in [5, 5.41) is 6.61. The summed E-state index contributed by atoms with van der Waals surface area (Å²) in [6.45, 7) is 1.55. The molecule has 5 N–H and O–H groups in total. The number of aromatic nitrogens is 2. The summed E-state index contributed by atoms with van der Waals surface area (Å²) in [7, 11) is 0. The van der Waals surface area contributed by atoms with Gasteiger partial charge in [0.25, 0.3) is 5.91 Å². The summed E-state index contributed by atoms with van der Waals surface area (Å²) in [6.07, 6.45) is 1.81. The lowest BCUT2D eigenvalue weighted by Gasteiger charge is -2.26. The van der Waals surface area contributed by atoms with Crippen molar-refractivity contribution in [3.63, 3.8) is 0 Å². The Balaban J connectivity index is 1.63. The van der Waals surface area contributed by atoms with Crippen molar-refractivity contribution in [2.24, 2.45) is 5.73 Å². The van der Waals surface area contributed by atoms with Crippen molar-refractivity contribution in [1.82, 2.24) is 15.5 Å². The normalized spacial score (nSPS) is 14.1. The Morgan fingerprint density at radius 2 is 1.97 bits per heavy atom. The van der Waals surface area contributed by atoms with Gasteiger partial charge in [0.05, 0.1) is 0 Å². The van der Waals surface area contributed by atoms with Gasteiger partial charge >= 0.3 is 0 Å². The van der Waals surface area contributed by atoms with Crippen LogP contribution in [0.2, 0.25) is 0 Å². The van der Waals surface area contributed by atoms with Gasteiger partial charge in [0.2, 0.25) is 17.5 Å². The van der Waals surface area contributed by atoms with Crippen molar-refractivity contribution in [2.45, 2.75) is 31.8 Å². The Hall–Kier alpha value is -3.80. The molecule has 166 valence electrons. The second-order valence-electron chi connectivity index (χ2n) is 7.29. The largest absolute Gasteiger partial charge is 0.382 e. The lowest BCUT2D eigenvalue weighted by molar-refractivity contribution is -0.118. The number of carbonyl (C=O) groups excluding carboxylic acids is 3. The van der Waals surface area contributed by atoms with E-state index < -0.39 is 29.5 Å². The molecule has 1 unspecified atom stereocenters. The number of carbonyl (C=O) groups is 3. The fourth-order valence-electron chi connectivity index (χ4n) is 2.90. The molecule has 2 amide bonds. The fourth-order valence-corrected chi connectivity index (χ4v) is 3.93. The summed E-state index contributed by atoms with van der Waals surface area (Å²) in [5.74, 6) is -2.43. The van der Waals surface area contributed by atoms with Gasteiger partial charge in [-0.25, -0.2) is 9.37 Å². The van der Waals surface area contributed by atoms with Gasteiger partial charge in [-0.1, -0.05) is 16.5 Å². The van der Waals surface area contributed by atoms with E-state index in [9.17, 15) is 18.8 Å². The highest BCUT2D eigenvalue weighted by Crippen LogP contribution is 2.36. The number of rotatable bonds is 8. The van der Waals surface area contributed by atoms with Gasteiger partial charge in [-0.15, -0.1) is 0 Å². The number of primary amides is 1. The topological polar surface area (TPSA) is 157 Å². The highest BCUT2D eigenvalue weighted by molar-refractivity contribution is 7.18. The van der Waals surface area contributed by atoms with Crippen LogP contribution in [0.1, 0.15) is 45.7 Å². The lowest BCUT2D eigenvalue weighted by atomic mass is 10.2. The third kappa shape index (κ3) is 4.30. The number of benzene rings is 1. The number of ketones is 1. The van der Waals surface area contributed by atoms with Gasteiger partial charge in [-0.3, -0.25) is 14.4 Å². The van der Waals surface area contributed by atoms with Crippen molar-refractivity contribution in [3.05, 3.63) is 52.5 Å². The molecule has 0 radical (unpaired) electrons. The predicted octanol–water partition coefficient (Wildman–Crippen LogP) is 1.99. The van der Waals surface area contributed by atoms with Crippen LogP contribution < -0.4 is 21.7 Å². The number of hydrogen-bond acceptors (Lipinski definition) is 9. The first kappa shape index (κ1) is 21.4. The van der Waals surface area contributed by atoms with E-state index in [2.05, 4.69) is 15.5 Å². The Labute approximate surface area is 185 Å². The number of nitrogens with zero attached hydrogens (tertiary/aromatic N) is 3. The van der Waals surface area contributed by atoms with Crippen LogP contribution in [0.4, 0.5) is 21.0 Å². The number of amides is 2. The van der Waals surface area contributed by atoms with Crippen molar-refractivity contribution >= 4 is 45.6 Å². The van der Waals surface area contributed by atoms with Crippen LogP contribution in [0.25, 0.3) is 0 Å². The highest BCUT2D eigenvalue weighted by atomic mass is 32.1. The van der Waals surface area contributed by atoms with Crippen molar-refractivity contribution in [2.75, 3.05) is 10.6 Å². The zero-order chi connectivity index (χ0) is 23.0. The van der Waals surface area contributed by atoms with E-state index in [0.29, 0.717) is 5.69 Å². The van der Waals surface area contributed by atoms with Crippen LogP contribution >= 0.6 is 11.3 Å². The molecule has 0 aliphatic heterocycles. The molecule has 2 aromatic heterocycles. The molecular formula is C20H19FN6O4S. The molecule has 1 aliphatic carbocycles. The Bertz CT molecular complexity index is 1190. The average Bonchev–Trinajstić information content (AvgIpc) is 3.28. The molecule has 0 bridgehead atoms. The zero-order valence-electron chi connectivity index (χ0n) is 16.9. The van der Waals surface area contributed by atoms with Crippen LogP contribution in [-0.4, -0.2) is 39.8 Å². The van der Waals surface area contributed by atoms with Gasteiger partial charge in [0.1, 0.15) is 22.6 Å². The Morgan fingerprint density at radius 3 is 2.59 bits per heavy atom. The molecule has 12 heteroatoms. The minimum absolute atomic E-state index is 0.0150. The number of anilines is 3. The maximum atomic E-state index is 13.4. The molecule has 2 heterocycles. The van der Waals surface area contributed by atoms with E-state index in [1.54, 1.807) is 6.92 Å². The number of nitrogens with two attached hydrogens (primary N) is 2. The van der Waals surface area contributed by atoms with Crippen LogP contribution in [-0.2, 0) is 4.79 Å². The minimum Gasteiger partial charge on any atom is -0.382 e. The van der Waals surface area contributed by atoms with Crippen LogP contribution in [0, 0.1) is 5.82 Å².